The summed E-state index contributed by atoms with van der Waals surface area (Å²) in [5, 5.41) is 7.91. The Morgan fingerprint density at radius 3 is 3.17 bits per heavy atom. The summed E-state index contributed by atoms with van der Waals surface area (Å²) in [7, 11) is 0. The molecule has 0 spiro atoms. The van der Waals surface area contributed by atoms with Gasteiger partial charge < -0.3 is 10.1 Å². The van der Waals surface area contributed by atoms with E-state index in [1.807, 2.05) is 10.7 Å². The third kappa shape index (κ3) is 2.43. The van der Waals surface area contributed by atoms with Crippen LogP contribution in [-0.2, 0) is 10.5 Å². The Kier molecular flexibility index (Phi) is 4.05. The molecule has 1 aromatic heterocycles. The van der Waals surface area contributed by atoms with E-state index in [0.29, 0.717) is 22.9 Å². The van der Waals surface area contributed by atoms with Crippen LogP contribution in [0.5, 0.6) is 0 Å². The van der Waals surface area contributed by atoms with Gasteiger partial charge in [-0.1, -0.05) is 12.1 Å². The van der Waals surface area contributed by atoms with Crippen LogP contribution in [0.4, 0.5) is 4.39 Å². The zero-order chi connectivity index (χ0) is 16.7. The standard InChI is InChI=1S/C17H18FN3O2S/c1-2-23-17(22)14-12-9-24-16-11(4-3-5-13(16)18)15(12)21(20-14)10-6-7-19-8-10/h3-5,10,19H,2,6-9H2,1H3. The zero-order valence-corrected chi connectivity index (χ0v) is 14.2. The lowest BCUT2D eigenvalue weighted by molar-refractivity contribution is 0.0517. The summed E-state index contributed by atoms with van der Waals surface area (Å²) >= 11 is 1.41. The minimum atomic E-state index is -0.404. The molecule has 4 rings (SSSR count). The van der Waals surface area contributed by atoms with Gasteiger partial charge in [0.15, 0.2) is 5.69 Å². The van der Waals surface area contributed by atoms with Gasteiger partial charge in [-0.3, -0.25) is 4.68 Å². The monoisotopic (exact) mass is 347 g/mol. The van der Waals surface area contributed by atoms with Gasteiger partial charge in [-0.25, -0.2) is 9.18 Å². The number of benzene rings is 1. The summed E-state index contributed by atoms with van der Waals surface area (Å²) in [5.74, 6) is -0.102. The van der Waals surface area contributed by atoms with Gasteiger partial charge in [-0.15, -0.1) is 11.8 Å². The molecule has 2 aliphatic rings. The summed E-state index contributed by atoms with van der Waals surface area (Å²) in [5.41, 5.74) is 2.89. The highest BCUT2D eigenvalue weighted by molar-refractivity contribution is 7.98. The minimum absolute atomic E-state index is 0.168. The van der Waals surface area contributed by atoms with Gasteiger partial charge in [-0.05, 0) is 26.0 Å². The van der Waals surface area contributed by atoms with Crippen molar-refractivity contribution < 1.29 is 13.9 Å². The molecule has 7 heteroatoms. The molecule has 1 unspecified atom stereocenters. The molecule has 1 atom stereocenters. The van der Waals surface area contributed by atoms with Gasteiger partial charge in [0.2, 0.25) is 0 Å². The second-order valence-electron chi connectivity index (χ2n) is 5.89. The average molecular weight is 347 g/mol. The molecular weight excluding hydrogens is 329 g/mol. The molecule has 3 heterocycles. The molecule has 1 aromatic carbocycles. The van der Waals surface area contributed by atoms with Gasteiger partial charge in [-0.2, -0.15) is 5.10 Å². The molecule has 0 bridgehead atoms. The third-order valence-corrected chi connectivity index (χ3v) is 5.58. The van der Waals surface area contributed by atoms with Gasteiger partial charge in [0, 0.05) is 23.4 Å². The van der Waals surface area contributed by atoms with Crippen LogP contribution in [-0.4, -0.2) is 35.4 Å². The molecule has 0 amide bonds. The molecule has 5 nitrogen and oxygen atoms in total. The Morgan fingerprint density at radius 1 is 1.54 bits per heavy atom. The SMILES string of the molecule is CCOC(=O)c1nn(C2CCNC2)c2c1CSc1c(F)cccc1-2. The number of halogens is 1. The number of fused-ring (bicyclic) bond motifs is 3. The highest BCUT2D eigenvalue weighted by Crippen LogP contribution is 2.45. The van der Waals surface area contributed by atoms with Crippen molar-refractivity contribution in [1.82, 2.24) is 15.1 Å². The van der Waals surface area contributed by atoms with E-state index in [4.69, 9.17) is 4.74 Å². The van der Waals surface area contributed by atoms with E-state index >= 15 is 0 Å². The molecule has 2 aromatic rings. The minimum Gasteiger partial charge on any atom is -0.461 e. The highest BCUT2D eigenvalue weighted by atomic mass is 32.2. The number of nitrogens with one attached hydrogen (secondary N) is 1. The summed E-state index contributed by atoms with van der Waals surface area (Å²) in [6.07, 6.45) is 0.939. The second kappa shape index (κ2) is 6.22. The van der Waals surface area contributed by atoms with Crippen molar-refractivity contribution in [3.8, 4) is 11.3 Å². The first-order chi connectivity index (χ1) is 11.7. The molecule has 2 aliphatic heterocycles. The topological polar surface area (TPSA) is 56.1 Å². The number of hydrogen-bond donors (Lipinski definition) is 1. The Bertz CT molecular complexity index is 799. The van der Waals surface area contributed by atoms with Crippen molar-refractivity contribution in [1.29, 1.82) is 0 Å². The van der Waals surface area contributed by atoms with Crippen LogP contribution in [0.25, 0.3) is 11.3 Å². The number of esters is 1. The summed E-state index contributed by atoms with van der Waals surface area (Å²) in [6, 6.07) is 5.25. The number of carbonyl (C=O) groups is 1. The quantitative estimate of drug-likeness (QED) is 0.865. The third-order valence-electron chi connectivity index (χ3n) is 4.44. The van der Waals surface area contributed by atoms with Crippen LogP contribution in [0, 0.1) is 5.82 Å². The molecule has 0 aliphatic carbocycles. The molecule has 126 valence electrons. The van der Waals surface area contributed by atoms with Crippen LogP contribution >= 0.6 is 11.8 Å². The average Bonchev–Trinajstić information content (AvgIpc) is 3.22. The first-order valence-electron chi connectivity index (χ1n) is 8.11. The summed E-state index contributed by atoms with van der Waals surface area (Å²) in [6.45, 7) is 3.80. The predicted octanol–water partition coefficient (Wildman–Crippen LogP) is 3.01. The Hall–Kier alpha value is -1.86. The van der Waals surface area contributed by atoms with Crippen LogP contribution in [0.1, 0.15) is 35.4 Å². The number of thioether (sulfide) groups is 1. The van der Waals surface area contributed by atoms with Crippen molar-refractivity contribution in [2.24, 2.45) is 0 Å². The maximum Gasteiger partial charge on any atom is 0.359 e. The van der Waals surface area contributed by atoms with Crippen molar-refractivity contribution in [3.63, 3.8) is 0 Å². The fourth-order valence-electron chi connectivity index (χ4n) is 3.35. The van der Waals surface area contributed by atoms with E-state index in [1.54, 1.807) is 13.0 Å². The van der Waals surface area contributed by atoms with Crippen LogP contribution < -0.4 is 5.32 Å². The highest BCUT2D eigenvalue weighted by Gasteiger charge is 2.33. The van der Waals surface area contributed by atoms with E-state index < -0.39 is 5.97 Å². The van der Waals surface area contributed by atoms with Gasteiger partial charge in [0.1, 0.15) is 5.82 Å². The number of aromatic nitrogens is 2. The fourth-order valence-corrected chi connectivity index (χ4v) is 4.44. The van der Waals surface area contributed by atoms with Gasteiger partial charge >= 0.3 is 5.97 Å². The maximum absolute atomic E-state index is 14.2. The molecule has 0 saturated carbocycles. The van der Waals surface area contributed by atoms with Crippen molar-refractivity contribution in [3.05, 3.63) is 35.3 Å². The van der Waals surface area contributed by atoms with Crippen LogP contribution in [0.3, 0.4) is 0 Å². The maximum atomic E-state index is 14.2. The first kappa shape index (κ1) is 15.7. The lowest BCUT2D eigenvalue weighted by Gasteiger charge is -2.21. The van der Waals surface area contributed by atoms with E-state index in [1.165, 1.54) is 17.8 Å². The largest absolute Gasteiger partial charge is 0.461 e. The Balaban J connectivity index is 1.91. The Labute approximate surface area is 143 Å². The van der Waals surface area contributed by atoms with E-state index in [-0.39, 0.29) is 11.9 Å². The lowest BCUT2D eigenvalue weighted by atomic mass is 10.0. The first-order valence-corrected chi connectivity index (χ1v) is 9.10. The van der Waals surface area contributed by atoms with Crippen LogP contribution in [0.2, 0.25) is 0 Å². The molecule has 1 fully saturated rings. The number of hydrogen-bond acceptors (Lipinski definition) is 5. The van der Waals surface area contributed by atoms with Gasteiger partial charge in [0.05, 0.1) is 23.2 Å². The normalized spacial score (nSPS) is 19.0. The number of nitrogens with zero attached hydrogens (tertiary/aromatic N) is 2. The number of carbonyl (C=O) groups excluding carboxylic acids is 1. The van der Waals surface area contributed by atoms with E-state index in [0.717, 1.165) is 36.3 Å². The van der Waals surface area contributed by atoms with Crippen molar-refractivity contribution in [2.75, 3.05) is 19.7 Å². The van der Waals surface area contributed by atoms with E-state index in [9.17, 15) is 9.18 Å². The molecule has 0 radical (unpaired) electrons. The predicted molar refractivity (Wildman–Crippen MR) is 89.7 cm³/mol. The number of ether oxygens (including phenoxy) is 1. The lowest BCUT2D eigenvalue weighted by Crippen LogP contribution is -2.16. The second-order valence-corrected chi connectivity index (χ2v) is 6.88. The molecule has 1 N–H and O–H groups in total. The zero-order valence-electron chi connectivity index (χ0n) is 13.3. The summed E-state index contributed by atoms with van der Waals surface area (Å²) in [4.78, 5) is 13.0. The van der Waals surface area contributed by atoms with E-state index in [2.05, 4.69) is 10.4 Å². The molecule has 1 saturated heterocycles. The smallest absolute Gasteiger partial charge is 0.359 e. The number of rotatable bonds is 3. The van der Waals surface area contributed by atoms with Gasteiger partial charge in [0.25, 0.3) is 0 Å². The fraction of sp³-hybridized carbons (Fsp3) is 0.412. The van der Waals surface area contributed by atoms with Crippen LogP contribution in [0.15, 0.2) is 23.1 Å². The molecule has 24 heavy (non-hydrogen) atoms. The Morgan fingerprint density at radius 2 is 2.42 bits per heavy atom. The molecular formula is C17H18FN3O2S. The summed E-state index contributed by atoms with van der Waals surface area (Å²) < 4.78 is 21.3. The van der Waals surface area contributed by atoms with Crippen molar-refractivity contribution >= 4 is 17.7 Å². The van der Waals surface area contributed by atoms with Crippen molar-refractivity contribution in [2.45, 2.75) is 30.0 Å².